The molecule has 0 amide bonds. The van der Waals surface area contributed by atoms with Crippen LogP contribution >= 0.6 is 0 Å². The van der Waals surface area contributed by atoms with Crippen molar-refractivity contribution in [2.45, 2.75) is 67.9 Å². The number of hydrogen-bond donors (Lipinski definition) is 0. The van der Waals surface area contributed by atoms with Crippen LogP contribution in [0, 0.1) is 19.8 Å². The lowest BCUT2D eigenvalue weighted by Crippen LogP contribution is -2.10. The van der Waals surface area contributed by atoms with Crippen LogP contribution in [0.25, 0.3) is 28.3 Å². The Hall–Kier alpha value is -3.05. The van der Waals surface area contributed by atoms with Gasteiger partial charge in [0.1, 0.15) is 11.5 Å². The molecular formula is C30H43N5. The van der Waals surface area contributed by atoms with E-state index in [2.05, 4.69) is 104 Å². The summed E-state index contributed by atoms with van der Waals surface area (Å²) in [4.78, 5) is 16.0. The van der Waals surface area contributed by atoms with Gasteiger partial charge >= 0.3 is 0 Å². The van der Waals surface area contributed by atoms with Crippen LogP contribution in [0.1, 0.15) is 64.4 Å². The molecule has 1 aromatic carbocycles. The van der Waals surface area contributed by atoms with Crippen molar-refractivity contribution in [2.24, 2.45) is 5.92 Å². The van der Waals surface area contributed by atoms with Gasteiger partial charge in [0, 0.05) is 24.5 Å². The van der Waals surface area contributed by atoms with Crippen molar-refractivity contribution in [3.63, 3.8) is 0 Å². The molecule has 4 aromatic rings. The lowest BCUT2D eigenvalue weighted by molar-refractivity contribution is 0.402. The van der Waals surface area contributed by atoms with E-state index in [1.165, 1.54) is 24.0 Å². The quantitative estimate of drug-likeness (QED) is 0.289. The van der Waals surface area contributed by atoms with Gasteiger partial charge in [-0.1, -0.05) is 77.3 Å². The highest BCUT2D eigenvalue weighted by molar-refractivity contribution is 5.80. The summed E-state index contributed by atoms with van der Waals surface area (Å²) < 4.78 is 2.12. The molecule has 5 heteroatoms. The lowest BCUT2D eigenvalue weighted by Gasteiger charge is -2.10. The zero-order chi connectivity index (χ0) is 26.0. The van der Waals surface area contributed by atoms with E-state index >= 15 is 0 Å². The van der Waals surface area contributed by atoms with E-state index < -0.39 is 0 Å². The largest absolute Gasteiger partial charge is 0.305 e. The molecule has 0 bridgehead atoms. The molecule has 0 fully saturated rings. The Morgan fingerprint density at radius 3 is 2.17 bits per heavy atom. The van der Waals surface area contributed by atoms with E-state index in [0.29, 0.717) is 0 Å². The number of imidazole rings is 1. The standard InChI is InChI=1S/C22H23N5.C6H14.C2H6/c1-15-5-7-18(8-6-15)21-22(19-9-11-23-16(2)24-19)27-12-10-17(14-26(3)4)13-20(27)25-21;1-4-5-6(2)3;1-2/h5-13H,14H2,1-4H3;6H,4-5H2,1-3H3;1-2H3. The minimum absolute atomic E-state index is 0.751. The van der Waals surface area contributed by atoms with Gasteiger partial charge < -0.3 is 4.90 Å². The van der Waals surface area contributed by atoms with Gasteiger partial charge in [-0.3, -0.25) is 4.40 Å². The van der Waals surface area contributed by atoms with Crippen molar-refractivity contribution < 1.29 is 0 Å². The number of benzene rings is 1. The summed E-state index contributed by atoms with van der Waals surface area (Å²) in [7, 11) is 4.14. The first-order chi connectivity index (χ1) is 16.8. The lowest BCUT2D eigenvalue weighted by atomic mass is 10.1. The minimum Gasteiger partial charge on any atom is -0.305 e. The summed E-state index contributed by atoms with van der Waals surface area (Å²) in [5.74, 6) is 1.65. The van der Waals surface area contributed by atoms with E-state index in [-0.39, 0.29) is 0 Å². The monoisotopic (exact) mass is 473 g/mol. The maximum atomic E-state index is 4.97. The molecule has 0 aliphatic carbocycles. The SMILES string of the molecule is CC.CCCC(C)C.Cc1ccc(-c2nc3cc(CN(C)C)ccn3c2-c2ccnc(C)n2)cc1. The van der Waals surface area contributed by atoms with Gasteiger partial charge in [-0.15, -0.1) is 0 Å². The first kappa shape index (κ1) is 28.2. The molecule has 4 rings (SSSR count). The van der Waals surface area contributed by atoms with Crippen molar-refractivity contribution in [1.29, 1.82) is 0 Å². The van der Waals surface area contributed by atoms with Crippen molar-refractivity contribution in [1.82, 2.24) is 24.3 Å². The first-order valence-electron chi connectivity index (χ1n) is 12.8. The van der Waals surface area contributed by atoms with Gasteiger partial charge in [-0.05, 0) is 57.6 Å². The predicted octanol–water partition coefficient (Wildman–Crippen LogP) is 7.61. The molecular weight excluding hydrogens is 430 g/mol. The van der Waals surface area contributed by atoms with Crippen molar-refractivity contribution >= 4 is 5.65 Å². The Morgan fingerprint density at radius 2 is 1.63 bits per heavy atom. The van der Waals surface area contributed by atoms with Crippen molar-refractivity contribution in [3.8, 4) is 22.6 Å². The smallest absolute Gasteiger partial charge is 0.138 e. The van der Waals surface area contributed by atoms with Crippen LogP contribution in [-0.4, -0.2) is 38.3 Å². The predicted molar refractivity (Wildman–Crippen MR) is 150 cm³/mol. The van der Waals surface area contributed by atoms with Gasteiger partial charge in [0.25, 0.3) is 0 Å². The fourth-order valence-electron chi connectivity index (χ4n) is 3.87. The number of aromatic nitrogens is 4. The Morgan fingerprint density at radius 1 is 0.943 bits per heavy atom. The maximum Gasteiger partial charge on any atom is 0.138 e. The summed E-state index contributed by atoms with van der Waals surface area (Å²) in [6.45, 7) is 15.6. The molecule has 0 saturated heterocycles. The average molecular weight is 474 g/mol. The van der Waals surface area contributed by atoms with Crippen LogP contribution in [0.15, 0.2) is 54.9 Å². The third kappa shape index (κ3) is 8.00. The van der Waals surface area contributed by atoms with Crippen LogP contribution in [0.5, 0.6) is 0 Å². The Balaban J connectivity index is 0.000000474. The van der Waals surface area contributed by atoms with Crippen LogP contribution in [0.2, 0.25) is 0 Å². The normalized spacial score (nSPS) is 10.7. The maximum absolute atomic E-state index is 4.97. The van der Waals surface area contributed by atoms with Crippen LogP contribution in [0.4, 0.5) is 0 Å². The number of nitrogens with zero attached hydrogens (tertiary/aromatic N) is 5. The highest BCUT2D eigenvalue weighted by Crippen LogP contribution is 2.32. The summed E-state index contributed by atoms with van der Waals surface area (Å²) in [5, 5.41) is 0. The average Bonchev–Trinajstić information content (AvgIpc) is 3.19. The van der Waals surface area contributed by atoms with Gasteiger partial charge in [0.2, 0.25) is 0 Å². The molecule has 3 aromatic heterocycles. The van der Waals surface area contributed by atoms with E-state index in [9.17, 15) is 0 Å². The van der Waals surface area contributed by atoms with Crippen LogP contribution in [-0.2, 0) is 6.54 Å². The second kappa shape index (κ2) is 13.7. The van der Waals surface area contributed by atoms with Gasteiger partial charge in [-0.25, -0.2) is 15.0 Å². The second-order valence-electron chi connectivity index (χ2n) is 9.35. The van der Waals surface area contributed by atoms with E-state index in [1.54, 1.807) is 6.20 Å². The fourth-order valence-corrected chi connectivity index (χ4v) is 3.87. The summed E-state index contributed by atoms with van der Waals surface area (Å²) in [6.07, 6.45) is 6.60. The van der Waals surface area contributed by atoms with Gasteiger partial charge in [0.15, 0.2) is 0 Å². The van der Waals surface area contributed by atoms with E-state index in [1.807, 2.05) is 26.8 Å². The van der Waals surface area contributed by atoms with Crippen LogP contribution in [0.3, 0.4) is 0 Å². The molecule has 0 aliphatic rings. The molecule has 0 N–H and O–H groups in total. The Kier molecular flexibility index (Phi) is 11.1. The third-order valence-electron chi connectivity index (χ3n) is 5.40. The molecule has 0 saturated carbocycles. The van der Waals surface area contributed by atoms with Gasteiger partial charge in [-0.2, -0.15) is 0 Å². The van der Waals surface area contributed by atoms with Crippen molar-refractivity contribution in [3.05, 3.63) is 71.8 Å². The minimum atomic E-state index is 0.751. The molecule has 35 heavy (non-hydrogen) atoms. The van der Waals surface area contributed by atoms with E-state index in [4.69, 9.17) is 4.98 Å². The number of pyridine rings is 1. The summed E-state index contributed by atoms with van der Waals surface area (Å²) >= 11 is 0. The van der Waals surface area contributed by atoms with E-state index in [0.717, 1.165) is 46.6 Å². The fraction of sp³-hybridized carbons (Fsp3) is 0.433. The molecule has 0 aliphatic heterocycles. The topological polar surface area (TPSA) is 46.3 Å². The molecule has 3 heterocycles. The van der Waals surface area contributed by atoms with Crippen molar-refractivity contribution in [2.75, 3.05) is 14.1 Å². The molecule has 0 spiro atoms. The highest BCUT2D eigenvalue weighted by atomic mass is 15.1. The van der Waals surface area contributed by atoms with Crippen LogP contribution < -0.4 is 0 Å². The number of fused-ring (bicyclic) bond motifs is 1. The molecule has 5 nitrogen and oxygen atoms in total. The zero-order valence-electron chi connectivity index (χ0n) is 23.1. The number of aryl methyl sites for hydroxylation is 2. The third-order valence-corrected chi connectivity index (χ3v) is 5.40. The molecule has 0 atom stereocenters. The number of rotatable bonds is 6. The summed E-state index contributed by atoms with van der Waals surface area (Å²) in [6, 6.07) is 14.7. The summed E-state index contributed by atoms with van der Waals surface area (Å²) in [5.41, 5.74) is 7.30. The molecule has 0 unspecified atom stereocenters. The first-order valence-corrected chi connectivity index (χ1v) is 12.8. The Bertz CT molecular complexity index is 1170. The molecule has 188 valence electrons. The van der Waals surface area contributed by atoms with Gasteiger partial charge in [0.05, 0.1) is 17.1 Å². The molecule has 0 radical (unpaired) electrons. The highest BCUT2D eigenvalue weighted by Gasteiger charge is 2.17. The zero-order valence-corrected chi connectivity index (χ0v) is 23.1. The Labute approximate surface area is 212 Å². The second-order valence-corrected chi connectivity index (χ2v) is 9.35. The number of hydrogen-bond acceptors (Lipinski definition) is 4.